The third-order valence-corrected chi connectivity index (χ3v) is 5.35. The van der Waals surface area contributed by atoms with Crippen LogP contribution in [0.4, 0.5) is 0 Å². The van der Waals surface area contributed by atoms with E-state index < -0.39 is 5.97 Å². The summed E-state index contributed by atoms with van der Waals surface area (Å²) in [5, 5.41) is 10.3. The topological polar surface area (TPSA) is 85.3 Å². The van der Waals surface area contributed by atoms with E-state index in [9.17, 15) is 10.1 Å². The predicted molar refractivity (Wildman–Crippen MR) is 118 cm³/mol. The third-order valence-electron chi connectivity index (χ3n) is 5.09. The lowest BCUT2D eigenvalue weighted by atomic mass is 9.83. The summed E-state index contributed by atoms with van der Waals surface area (Å²) in [5.74, 6) is 0.0835. The van der Waals surface area contributed by atoms with E-state index in [1.54, 1.807) is 42.5 Å². The molecule has 31 heavy (non-hydrogen) atoms. The Bertz CT molecular complexity index is 1210. The van der Waals surface area contributed by atoms with E-state index >= 15 is 0 Å². The first-order valence-corrected chi connectivity index (χ1v) is 10.1. The molecular formula is C25H19ClN2O3. The minimum absolute atomic E-state index is 0.0465. The summed E-state index contributed by atoms with van der Waals surface area (Å²) in [7, 11) is 0. The molecule has 5 nitrogen and oxygen atoms in total. The zero-order valence-electron chi connectivity index (χ0n) is 16.8. The van der Waals surface area contributed by atoms with Crippen LogP contribution >= 0.6 is 11.6 Å². The van der Waals surface area contributed by atoms with Crippen molar-refractivity contribution in [3.05, 3.63) is 105 Å². The monoisotopic (exact) mass is 430 g/mol. The number of carbonyl (C=O) groups is 1. The number of allylic oxidation sites excluding steroid dienone is 1. The van der Waals surface area contributed by atoms with Crippen molar-refractivity contribution in [2.24, 2.45) is 5.73 Å². The fourth-order valence-corrected chi connectivity index (χ4v) is 3.66. The molecule has 0 radical (unpaired) electrons. The Morgan fingerprint density at radius 1 is 1.13 bits per heavy atom. The van der Waals surface area contributed by atoms with Crippen molar-refractivity contribution in [2.75, 3.05) is 0 Å². The molecule has 0 bridgehead atoms. The second kappa shape index (κ2) is 8.55. The molecule has 0 amide bonds. The number of nitrogens with zero attached hydrogens (tertiary/aromatic N) is 1. The van der Waals surface area contributed by atoms with Crippen molar-refractivity contribution < 1.29 is 14.3 Å². The Labute approximate surface area is 185 Å². The van der Waals surface area contributed by atoms with Crippen molar-refractivity contribution in [1.29, 1.82) is 5.26 Å². The highest BCUT2D eigenvalue weighted by molar-refractivity contribution is 6.30. The fraction of sp³-hybridized carbons (Fsp3) is 0.120. The van der Waals surface area contributed by atoms with Gasteiger partial charge in [0, 0.05) is 16.7 Å². The molecule has 1 aliphatic heterocycles. The summed E-state index contributed by atoms with van der Waals surface area (Å²) in [6.45, 7) is 2.00. The Morgan fingerprint density at radius 3 is 2.52 bits per heavy atom. The van der Waals surface area contributed by atoms with Gasteiger partial charge in [-0.25, -0.2) is 0 Å². The van der Waals surface area contributed by atoms with E-state index in [1.807, 2.05) is 31.2 Å². The molecule has 1 heterocycles. The van der Waals surface area contributed by atoms with Gasteiger partial charge >= 0.3 is 5.97 Å². The van der Waals surface area contributed by atoms with Crippen LogP contribution in [0.1, 0.15) is 28.2 Å². The zero-order valence-corrected chi connectivity index (χ0v) is 17.5. The van der Waals surface area contributed by atoms with Gasteiger partial charge in [-0.05, 0) is 36.2 Å². The van der Waals surface area contributed by atoms with Gasteiger partial charge in [0.1, 0.15) is 23.1 Å². The maximum atomic E-state index is 12.3. The Hall–Kier alpha value is -3.75. The summed E-state index contributed by atoms with van der Waals surface area (Å²) in [5.41, 5.74) is 10.0. The standard InChI is InChI=1S/C25H19ClN2O3/c1-15-2-6-17(7-3-15)24-20-11-10-19(13-22(20)31-25(28)21(24)14-27)30-23(29)12-16-4-8-18(26)9-5-16/h2-11,13,24H,12,28H2,1H3. The smallest absolute Gasteiger partial charge is 0.315 e. The molecule has 0 aromatic heterocycles. The number of halogens is 1. The molecule has 154 valence electrons. The van der Waals surface area contributed by atoms with E-state index in [0.29, 0.717) is 22.1 Å². The molecule has 1 unspecified atom stereocenters. The Kier molecular flexibility index (Phi) is 5.66. The molecule has 0 spiro atoms. The van der Waals surface area contributed by atoms with Gasteiger partial charge < -0.3 is 15.2 Å². The second-order valence-electron chi connectivity index (χ2n) is 7.31. The summed E-state index contributed by atoms with van der Waals surface area (Å²) in [4.78, 5) is 12.3. The Morgan fingerprint density at radius 2 is 1.84 bits per heavy atom. The molecule has 6 heteroatoms. The SMILES string of the molecule is Cc1ccc(C2C(C#N)=C(N)Oc3cc(OC(=O)Cc4ccc(Cl)cc4)ccc32)cc1. The zero-order chi connectivity index (χ0) is 22.0. The molecule has 2 N–H and O–H groups in total. The first-order chi connectivity index (χ1) is 14.9. The van der Waals surface area contributed by atoms with Crippen LogP contribution < -0.4 is 15.2 Å². The van der Waals surface area contributed by atoms with Crippen LogP contribution in [-0.2, 0) is 11.2 Å². The van der Waals surface area contributed by atoms with Gasteiger partial charge in [0.15, 0.2) is 0 Å². The fourth-order valence-electron chi connectivity index (χ4n) is 3.54. The molecule has 0 aliphatic carbocycles. The van der Waals surface area contributed by atoms with Gasteiger partial charge in [-0.2, -0.15) is 5.26 Å². The van der Waals surface area contributed by atoms with Gasteiger partial charge in [-0.3, -0.25) is 4.79 Å². The molecular weight excluding hydrogens is 412 g/mol. The van der Waals surface area contributed by atoms with Gasteiger partial charge in [0.05, 0.1) is 12.3 Å². The molecule has 3 aromatic carbocycles. The maximum Gasteiger partial charge on any atom is 0.315 e. The summed E-state index contributed by atoms with van der Waals surface area (Å²) in [6, 6.07) is 22.2. The average molecular weight is 431 g/mol. The maximum absolute atomic E-state index is 12.3. The number of nitrogens with two attached hydrogens (primary N) is 1. The number of hydrogen-bond acceptors (Lipinski definition) is 5. The van der Waals surface area contributed by atoms with Crippen LogP contribution in [-0.4, -0.2) is 5.97 Å². The van der Waals surface area contributed by atoms with Crippen LogP contribution in [0, 0.1) is 18.3 Å². The second-order valence-corrected chi connectivity index (χ2v) is 7.75. The highest BCUT2D eigenvalue weighted by Gasteiger charge is 2.31. The summed E-state index contributed by atoms with van der Waals surface area (Å²) < 4.78 is 11.2. The molecule has 0 saturated carbocycles. The number of nitriles is 1. The van der Waals surface area contributed by atoms with Crippen molar-refractivity contribution in [2.45, 2.75) is 19.3 Å². The number of fused-ring (bicyclic) bond motifs is 1. The first kappa shape index (κ1) is 20.5. The van der Waals surface area contributed by atoms with Gasteiger partial charge in [0.2, 0.25) is 5.88 Å². The third kappa shape index (κ3) is 4.40. The quantitative estimate of drug-likeness (QED) is 0.464. The average Bonchev–Trinajstić information content (AvgIpc) is 2.75. The van der Waals surface area contributed by atoms with Crippen molar-refractivity contribution >= 4 is 17.6 Å². The predicted octanol–water partition coefficient (Wildman–Crippen LogP) is 5.01. The van der Waals surface area contributed by atoms with Gasteiger partial charge in [-0.15, -0.1) is 0 Å². The first-order valence-electron chi connectivity index (χ1n) is 9.68. The number of rotatable bonds is 4. The molecule has 0 saturated heterocycles. The Balaban J connectivity index is 1.60. The largest absolute Gasteiger partial charge is 0.440 e. The lowest BCUT2D eigenvalue weighted by molar-refractivity contribution is -0.133. The molecule has 3 aromatic rings. The molecule has 1 aliphatic rings. The lowest BCUT2D eigenvalue weighted by Crippen LogP contribution is -2.21. The van der Waals surface area contributed by atoms with E-state index in [2.05, 4.69) is 6.07 Å². The van der Waals surface area contributed by atoms with Crippen LogP contribution in [0.3, 0.4) is 0 Å². The van der Waals surface area contributed by atoms with Gasteiger partial charge in [-0.1, -0.05) is 59.6 Å². The molecule has 0 fully saturated rings. The van der Waals surface area contributed by atoms with E-state index in [-0.39, 0.29) is 18.2 Å². The highest BCUT2D eigenvalue weighted by Crippen LogP contribution is 2.43. The lowest BCUT2D eigenvalue weighted by Gasteiger charge is -2.26. The number of esters is 1. The summed E-state index contributed by atoms with van der Waals surface area (Å²) >= 11 is 5.88. The van der Waals surface area contributed by atoms with E-state index in [0.717, 1.165) is 22.3 Å². The van der Waals surface area contributed by atoms with Crippen LogP contribution in [0.15, 0.2) is 78.2 Å². The van der Waals surface area contributed by atoms with E-state index in [1.165, 1.54) is 0 Å². The van der Waals surface area contributed by atoms with Crippen LogP contribution in [0.25, 0.3) is 0 Å². The van der Waals surface area contributed by atoms with Crippen molar-refractivity contribution in [3.8, 4) is 17.6 Å². The highest BCUT2D eigenvalue weighted by atomic mass is 35.5. The minimum Gasteiger partial charge on any atom is -0.440 e. The number of ether oxygens (including phenoxy) is 2. The van der Waals surface area contributed by atoms with Crippen molar-refractivity contribution in [1.82, 2.24) is 0 Å². The molecule has 4 rings (SSSR count). The molecule has 1 atom stereocenters. The van der Waals surface area contributed by atoms with Crippen LogP contribution in [0.5, 0.6) is 11.5 Å². The van der Waals surface area contributed by atoms with Crippen LogP contribution in [0.2, 0.25) is 5.02 Å². The number of carbonyl (C=O) groups excluding carboxylic acids is 1. The minimum atomic E-state index is -0.408. The summed E-state index contributed by atoms with van der Waals surface area (Å²) in [6.07, 6.45) is 0.113. The van der Waals surface area contributed by atoms with Crippen molar-refractivity contribution in [3.63, 3.8) is 0 Å². The normalized spacial score (nSPS) is 14.9. The van der Waals surface area contributed by atoms with Gasteiger partial charge in [0.25, 0.3) is 0 Å². The number of benzene rings is 3. The number of hydrogen-bond donors (Lipinski definition) is 1. The number of aryl methyl sites for hydroxylation is 1. The van der Waals surface area contributed by atoms with E-state index in [4.69, 9.17) is 26.8 Å².